The number of likely N-dealkylation sites (tertiary alicyclic amines) is 1. The molecule has 0 aromatic carbocycles. The Morgan fingerprint density at radius 3 is 2.56 bits per heavy atom. The summed E-state index contributed by atoms with van der Waals surface area (Å²) in [7, 11) is 0. The molecule has 27 heavy (non-hydrogen) atoms. The predicted octanol–water partition coefficient (Wildman–Crippen LogP) is 3.27. The van der Waals surface area contributed by atoms with Gasteiger partial charge in [-0.25, -0.2) is 4.79 Å². The van der Waals surface area contributed by atoms with E-state index in [0.29, 0.717) is 25.8 Å². The molecule has 0 bridgehead atoms. The monoisotopic (exact) mass is 374 g/mol. The van der Waals surface area contributed by atoms with Gasteiger partial charge >= 0.3 is 5.97 Å². The molecule has 148 valence electrons. The van der Waals surface area contributed by atoms with Gasteiger partial charge in [-0.1, -0.05) is 33.8 Å². The highest BCUT2D eigenvalue weighted by molar-refractivity contribution is 6.38. The SMILES string of the molecule is CCC(c1cccnc1)C1CCCN(C(=O)C(=O)C(C)(C)CC)C1C(=O)O. The van der Waals surface area contributed by atoms with Gasteiger partial charge in [0.2, 0.25) is 5.78 Å². The van der Waals surface area contributed by atoms with Crippen LogP contribution in [-0.4, -0.2) is 45.2 Å². The fraction of sp³-hybridized carbons (Fsp3) is 0.619. The average molecular weight is 374 g/mol. The van der Waals surface area contributed by atoms with E-state index >= 15 is 0 Å². The van der Waals surface area contributed by atoms with Crippen LogP contribution >= 0.6 is 0 Å². The second-order valence-electron chi connectivity index (χ2n) is 7.96. The lowest BCUT2D eigenvalue weighted by Gasteiger charge is -2.42. The summed E-state index contributed by atoms with van der Waals surface area (Å²) in [5, 5.41) is 9.94. The number of carboxylic acid groups (broad SMARTS) is 1. The fourth-order valence-corrected chi connectivity index (χ4v) is 3.95. The van der Waals surface area contributed by atoms with Crippen LogP contribution in [0.25, 0.3) is 0 Å². The van der Waals surface area contributed by atoms with Crippen LogP contribution in [0.2, 0.25) is 0 Å². The van der Waals surface area contributed by atoms with Crippen LogP contribution in [0.3, 0.4) is 0 Å². The summed E-state index contributed by atoms with van der Waals surface area (Å²) in [6.45, 7) is 7.64. The number of nitrogens with zero attached hydrogens (tertiary/aromatic N) is 2. The summed E-state index contributed by atoms with van der Waals surface area (Å²) in [5.41, 5.74) is 0.186. The number of pyridine rings is 1. The normalized spacial score (nSPS) is 21.6. The molecule has 1 aliphatic heterocycles. The lowest BCUT2D eigenvalue weighted by Crippen LogP contribution is -2.57. The molecule has 1 fully saturated rings. The Labute approximate surface area is 161 Å². The number of piperidine rings is 1. The summed E-state index contributed by atoms with van der Waals surface area (Å²) in [4.78, 5) is 43.2. The van der Waals surface area contributed by atoms with E-state index in [4.69, 9.17) is 0 Å². The van der Waals surface area contributed by atoms with Crippen LogP contribution in [0.15, 0.2) is 24.5 Å². The van der Waals surface area contributed by atoms with Crippen molar-refractivity contribution >= 4 is 17.7 Å². The van der Waals surface area contributed by atoms with Crippen molar-refractivity contribution in [3.05, 3.63) is 30.1 Å². The van der Waals surface area contributed by atoms with Crippen LogP contribution in [-0.2, 0) is 14.4 Å². The Balaban J connectivity index is 2.36. The van der Waals surface area contributed by atoms with Gasteiger partial charge in [-0.2, -0.15) is 0 Å². The van der Waals surface area contributed by atoms with Gasteiger partial charge in [-0.05, 0) is 49.1 Å². The van der Waals surface area contributed by atoms with E-state index in [1.54, 1.807) is 26.2 Å². The number of aromatic nitrogens is 1. The van der Waals surface area contributed by atoms with Gasteiger partial charge in [-0.15, -0.1) is 0 Å². The molecule has 6 heteroatoms. The number of carbonyl (C=O) groups excluding carboxylic acids is 2. The average Bonchev–Trinajstić information content (AvgIpc) is 2.67. The maximum absolute atomic E-state index is 12.9. The molecule has 2 heterocycles. The van der Waals surface area contributed by atoms with Crippen molar-refractivity contribution in [1.29, 1.82) is 0 Å². The number of rotatable bonds is 7. The van der Waals surface area contributed by atoms with Crippen molar-refractivity contribution in [3.63, 3.8) is 0 Å². The van der Waals surface area contributed by atoms with Gasteiger partial charge in [0.25, 0.3) is 5.91 Å². The summed E-state index contributed by atoms with van der Waals surface area (Å²) < 4.78 is 0. The fourth-order valence-electron chi connectivity index (χ4n) is 3.95. The number of amides is 1. The number of Topliss-reactive ketones (excluding diaryl/α,β-unsaturated/α-hetero) is 1. The lowest BCUT2D eigenvalue weighted by atomic mass is 9.74. The van der Waals surface area contributed by atoms with Crippen molar-refractivity contribution in [1.82, 2.24) is 9.88 Å². The molecule has 1 saturated heterocycles. The molecule has 1 aromatic rings. The number of ketones is 1. The Hall–Kier alpha value is -2.24. The molecule has 0 spiro atoms. The van der Waals surface area contributed by atoms with Gasteiger partial charge in [0, 0.05) is 24.4 Å². The molecule has 0 radical (unpaired) electrons. The third kappa shape index (κ3) is 4.37. The third-order valence-electron chi connectivity index (χ3n) is 5.95. The van der Waals surface area contributed by atoms with Crippen LogP contribution < -0.4 is 0 Å². The Morgan fingerprint density at radius 1 is 1.33 bits per heavy atom. The van der Waals surface area contributed by atoms with E-state index in [0.717, 1.165) is 12.0 Å². The number of carboxylic acids is 1. The van der Waals surface area contributed by atoms with E-state index < -0.39 is 29.1 Å². The smallest absolute Gasteiger partial charge is 0.326 e. The van der Waals surface area contributed by atoms with Gasteiger partial charge < -0.3 is 10.0 Å². The zero-order valence-corrected chi connectivity index (χ0v) is 16.6. The van der Waals surface area contributed by atoms with E-state index in [2.05, 4.69) is 4.98 Å². The van der Waals surface area contributed by atoms with Crippen molar-refractivity contribution in [2.75, 3.05) is 6.54 Å². The minimum Gasteiger partial charge on any atom is -0.480 e. The van der Waals surface area contributed by atoms with Crippen LogP contribution in [0.5, 0.6) is 0 Å². The molecule has 3 atom stereocenters. The summed E-state index contributed by atoms with van der Waals surface area (Å²) >= 11 is 0. The van der Waals surface area contributed by atoms with Crippen molar-refractivity contribution in [2.24, 2.45) is 11.3 Å². The molecule has 2 rings (SSSR count). The second kappa shape index (κ2) is 8.63. The molecule has 1 aliphatic rings. The van der Waals surface area contributed by atoms with Crippen LogP contribution in [0.4, 0.5) is 0 Å². The Bertz CT molecular complexity index is 687. The van der Waals surface area contributed by atoms with E-state index in [1.807, 2.05) is 26.0 Å². The minimum absolute atomic E-state index is 0.0234. The molecule has 1 aromatic heterocycles. The summed E-state index contributed by atoms with van der Waals surface area (Å²) in [5.74, 6) is -2.49. The molecular formula is C21H30N2O4. The Kier molecular flexibility index (Phi) is 6.73. The predicted molar refractivity (Wildman–Crippen MR) is 102 cm³/mol. The van der Waals surface area contributed by atoms with Gasteiger partial charge in [-0.3, -0.25) is 14.6 Å². The third-order valence-corrected chi connectivity index (χ3v) is 5.95. The van der Waals surface area contributed by atoms with E-state index in [-0.39, 0.29) is 11.8 Å². The minimum atomic E-state index is -1.04. The van der Waals surface area contributed by atoms with Crippen molar-refractivity contribution < 1.29 is 19.5 Å². The van der Waals surface area contributed by atoms with Crippen LogP contribution in [0.1, 0.15) is 64.9 Å². The maximum atomic E-state index is 12.9. The highest BCUT2D eigenvalue weighted by Gasteiger charge is 2.46. The largest absolute Gasteiger partial charge is 0.480 e. The van der Waals surface area contributed by atoms with E-state index in [1.165, 1.54) is 4.90 Å². The summed E-state index contributed by atoms with van der Waals surface area (Å²) in [6, 6.07) is 2.80. The van der Waals surface area contributed by atoms with Crippen LogP contribution in [0, 0.1) is 11.3 Å². The first-order valence-corrected chi connectivity index (χ1v) is 9.72. The number of aliphatic carboxylic acids is 1. The maximum Gasteiger partial charge on any atom is 0.326 e. The first-order valence-electron chi connectivity index (χ1n) is 9.72. The lowest BCUT2D eigenvalue weighted by molar-refractivity contribution is -0.160. The highest BCUT2D eigenvalue weighted by atomic mass is 16.4. The molecule has 0 aliphatic carbocycles. The Morgan fingerprint density at radius 2 is 2.04 bits per heavy atom. The van der Waals surface area contributed by atoms with Crippen molar-refractivity contribution in [2.45, 2.75) is 65.3 Å². The second-order valence-corrected chi connectivity index (χ2v) is 7.96. The zero-order valence-electron chi connectivity index (χ0n) is 16.6. The van der Waals surface area contributed by atoms with Gasteiger partial charge in [0.05, 0.1) is 0 Å². The first-order chi connectivity index (χ1) is 12.7. The molecule has 1 N–H and O–H groups in total. The molecular weight excluding hydrogens is 344 g/mol. The van der Waals surface area contributed by atoms with Gasteiger partial charge in [0.1, 0.15) is 6.04 Å². The van der Waals surface area contributed by atoms with Gasteiger partial charge in [0.15, 0.2) is 0 Å². The van der Waals surface area contributed by atoms with Crippen molar-refractivity contribution in [3.8, 4) is 0 Å². The molecule has 1 amide bonds. The summed E-state index contributed by atoms with van der Waals surface area (Å²) in [6.07, 6.45) is 6.12. The highest BCUT2D eigenvalue weighted by Crippen LogP contribution is 2.38. The quantitative estimate of drug-likeness (QED) is 0.740. The topological polar surface area (TPSA) is 87.6 Å². The standard InChI is InChI=1S/C21H30N2O4/c1-5-15(14-9-7-11-22-13-14)16-10-8-12-23(17(16)20(26)27)19(25)18(24)21(3,4)6-2/h7,9,11,13,15-17H,5-6,8,10,12H2,1-4H3,(H,26,27). The molecule has 6 nitrogen and oxygen atoms in total. The number of hydrogen-bond donors (Lipinski definition) is 1. The first kappa shape index (κ1) is 21.1. The molecule has 0 saturated carbocycles. The molecule has 3 unspecified atom stereocenters. The number of hydrogen-bond acceptors (Lipinski definition) is 4. The zero-order chi connectivity index (χ0) is 20.2. The number of carbonyl (C=O) groups is 3. The van der Waals surface area contributed by atoms with E-state index in [9.17, 15) is 19.5 Å².